The number of carbonyl (C=O) groups excluding carboxylic acids is 2. The predicted molar refractivity (Wildman–Crippen MR) is 48.8 cm³/mol. The van der Waals surface area contributed by atoms with Crippen molar-refractivity contribution in [3.8, 4) is 0 Å². The zero-order valence-corrected chi connectivity index (χ0v) is 7.88. The average Bonchev–Trinajstić information content (AvgIpc) is 1.99. The van der Waals surface area contributed by atoms with Crippen molar-refractivity contribution in [2.24, 2.45) is 11.7 Å². The molecule has 1 atom stereocenters. The van der Waals surface area contributed by atoms with Crippen molar-refractivity contribution in [2.45, 2.75) is 38.6 Å². The summed E-state index contributed by atoms with van der Waals surface area (Å²) in [7, 11) is 0. The molecule has 1 rings (SSSR count). The number of amides is 2. The topological polar surface area (TPSA) is 72.2 Å². The number of nitrogens with one attached hydrogen (secondary N) is 1. The summed E-state index contributed by atoms with van der Waals surface area (Å²) in [6, 6.07) is 0.153. The maximum Gasteiger partial charge on any atom is 0.226 e. The Morgan fingerprint density at radius 2 is 2.00 bits per heavy atom. The lowest BCUT2D eigenvalue weighted by Crippen LogP contribution is -2.38. The van der Waals surface area contributed by atoms with Crippen molar-refractivity contribution in [1.82, 2.24) is 5.32 Å². The van der Waals surface area contributed by atoms with Crippen molar-refractivity contribution < 1.29 is 9.59 Å². The Bertz CT molecular complexity index is 198. The Labute approximate surface area is 77.9 Å². The predicted octanol–water partition coefficient (Wildman–Crippen LogP) is 0.167. The van der Waals surface area contributed by atoms with Crippen LogP contribution in [0, 0.1) is 5.92 Å². The van der Waals surface area contributed by atoms with E-state index in [4.69, 9.17) is 5.73 Å². The third-order valence-electron chi connectivity index (χ3n) is 2.26. The number of imide groups is 1. The largest absolute Gasteiger partial charge is 0.328 e. The molecule has 4 nitrogen and oxygen atoms in total. The summed E-state index contributed by atoms with van der Waals surface area (Å²) in [6.45, 7) is 1.94. The fourth-order valence-corrected chi connectivity index (χ4v) is 1.56. The number of carbonyl (C=O) groups is 2. The first-order valence-electron chi connectivity index (χ1n) is 4.66. The van der Waals surface area contributed by atoms with Gasteiger partial charge in [-0.25, -0.2) is 0 Å². The van der Waals surface area contributed by atoms with Crippen molar-refractivity contribution in [2.75, 3.05) is 0 Å². The standard InChI is InChI=1S/C9H16N2O2/c1-6(10)2-3-7-4-8(12)11-9(13)5-7/h6-7H,2-5,10H2,1H3,(H,11,12,13). The molecule has 0 aromatic heterocycles. The first-order valence-corrected chi connectivity index (χ1v) is 4.66. The van der Waals surface area contributed by atoms with Crippen LogP contribution in [0.15, 0.2) is 0 Å². The third-order valence-corrected chi connectivity index (χ3v) is 2.26. The van der Waals surface area contributed by atoms with E-state index in [1.165, 1.54) is 0 Å². The Hall–Kier alpha value is -0.900. The van der Waals surface area contributed by atoms with E-state index in [0.717, 1.165) is 12.8 Å². The van der Waals surface area contributed by atoms with Gasteiger partial charge in [0.15, 0.2) is 0 Å². The lowest BCUT2D eigenvalue weighted by Gasteiger charge is -2.21. The van der Waals surface area contributed by atoms with Crippen molar-refractivity contribution in [3.05, 3.63) is 0 Å². The molecule has 0 bridgehead atoms. The molecule has 4 heteroatoms. The Balaban J connectivity index is 2.33. The molecule has 2 amide bonds. The minimum Gasteiger partial charge on any atom is -0.328 e. The van der Waals surface area contributed by atoms with Gasteiger partial charge in [-0.3, -0.25) is 14.9 Å². The van der Waals surface area contributed by atoms with E-state index >= 15 is 0 Å². The van der Waals surface area contributed by atoms with Crippen LogP contribution in [-0.2, 0) is 9.59 Å². The third kappa shape index (κ3) is 3.55. The molecule has 0 saturated carbocycles. The van der Waals surface area contributed by atoms with Crippen LogP contribution in [0.5, 0.6) is 0 Å². The van der Waals surface area contributed by atoms with Crippen LogP contribution < -0.4 is 11.1 Å². The zero-order valence-electron chi connectivity index (χ0n) is 7.88. The molecule has 74 valence electrons. The van der Waals surface area contributed by atoms with Crippen LogP contribution in [0.3, 0.4) is 0 Å². The Kier molecular flexibility index (Phi) is 3.42. The molecular formula is C9H16N2O2. The van der Waals surface area contributed by atoms with Crippen LogP contribution in [0.2, 0.25) is 0 Å². The monoisotopic (exact) mass is 184 g/mol. The highest BCUT2D eigenvalue weighted by molar-refractivity contribution is 5.97. The molecule has 0 aromatic carbocycles. The first-order chi connectivity index (χ1) is 6.08. The molecular weight excluding hydrogens is 168 g/mol. The van der Waals surface area contributed by atoms with Gasteiger partial charge in [-0.15, -0.1) is 0 Å². The molecule has 1 saturated heterocycles. The smallest absolute Gasteiger partial charge is 0.226 e. The van der Waals surface area contributed by atoms with E-state index in [1.54, 1.807) is 0 Å². The number of hydrogen-bond acceptors (Lipinski definition) is 3. The lowest BCUT2D eigenvalue weighted by molar-refractivity contribution is -0.134. The van der Waals surface area contributed by atoms with Crippen LogP contribution in [0.4, 0.5) is 0 Å². The molecule has 13 heavy (non-hydrogen) atoms. The molecule has 1 fully saturated rings. The number of hydrogen-bond donors (Lipinski definition) is 2. The summed E-state index contributed by atoms with van der Waals surface area (Å²) in [5.74, 6) is -0.0934. The van der Waals surface area contributed by atoms with Gasteiger partial charge in [0.1, 0.15) is 0 Å². The summed E-state index contributed by atoms with van der Waals surface area (Å²) in [5.41, 5.74) is 5.59. The summed E-state index contributed by atoms with van der Waals surface area (Å²) < 4.78 is 0. The van der Waals surface area contributed by atoms with E-state index in [-0.39, 0.29) is 23.8 Å². The molecule has 0 aliphatic carbocycles. The lowest BCUT2D eigenvalue weighted by atomic mass is 9.91. The minimum absolute atomic E-state index is 0.147. The SMILES string of the molecule is CC(N)CCC1CC(=O)NC(=O)C1. The van der Waals surface area contributed by atoms with Gasteiger partial charge < -0.3 is 5.73 Å². The molecule has 0 spiro atoms. The fraction of sp³-hybridized carbons (Fsp3) is 0.778. The maximum atomic E-state index is 11.0. The molecule has 0 aromatic rings. The van der Waals surface area contributed by atoms with E-state index in [9.17, 15) is 9.59 Å². The second-order valence-electron chi connectivity index (χ2n) is 3.80. The van der Waals surface area contributed by atoms with Gasteiger partial charge in [-0.1, -0.05) is 0 Å². The van der Waals surface area contributed by atoms with Crippen LogP contribution in [0.1, 0.15) is 32.6 Å². The highest BCUT2D eigenvalue weighted by Gasteiger charge is 2.24. The van der Waals surface area contributed by atoms with E-state index in [1.807, 2.05) is 6.92 Å². The summed E-state index contributed by atoms with van der Waals surface area (Å²) in [5, 5.41) is 2.29. The normalized spacial score (nSPS) is 21.4. The second kappa shape index (κ2) is 4.37. The Morgan fingerprint density at radius 1 is 1.46 bits per heavy atom. The molecule has 1 unspecified atom stereocenters. The van der Waals surface area contributed by atoms with Gasteiger partial charge >= 0.3 is 0 Å². The number of piperidine rings is 1. The second-order valence-corrected chi connectivity index (χ2v) is 3.80. The van der Waals surface area contributed by atoms with Crippen LogP contribution >= 0.6 is 0 Å². The number of rotatable bonds is 3. The molecule has 1 aliphatic rings. The minimum atomic E-state index is -0.147. The van der Waals surface area contributed by atoms with Crippen LogP contribution in [0.25, 0.3) is 0 Å². The van der Waals surface area contributed by atoms with Gasteiger partial charge in [-0.2, -0.15) is 0 Å². The molecule has 0 radical (unpaired) electrons. The van der Waals surface area contributed by atoms with E-state index < -0.39 is 0 Å². The summed E-state index contributed by atoms with van der Waals surface area (Å²) >= 11 is 0. The van der Waals surface area contributed by atoms with E-state index in [2.05, 4.69) is 5.32 Å². The van der Waals surface area contributed by atoms with Gasteiger partial charge in [0, 0.05) is 18.9 Å². The molecule has 1 heterocycles. The maximum absolute atomic E-state index is 11.0. The molecule has 1 aliphatic heterocycles. The first kappa shape index (κ1) is 10.2. The van der Waals surface area contributed by atoms with Crippen LogP contribution in [-0.4, -0.2) is 17.9 Å². The highest BCUT2D eigenvalue weighted by atomic mass is 16.2. The van der Waals surface area contributed by atoms with Gasteiger partial charge in [0.2, 0.25) is 11.8 Å². The molecule has 3 N–H and O–H groups in total. The number of nitrogens with two attached hydrogens (primary N) is 1. The average molecular weight is 184 g/mol. The van der Waals surface area contributed by atoms with E-state index in [0.29, 0.717) is 12.8 Å². The van der Waals surface area contributed by atoms with Crippen molar-refractivity contribution in [3.63, 3.8) is 0 Å². The quantitative estimate of drug-likeness (QED) is 0.614. The van der Waals surface area contributed by atoms with Crippen molar-refractivity contribution >= 4 is 11.8 Å². The Morgan fingerprint density at radius 3 is 2.46 bits per heavy atom. The fourth-order valence-electron chi connectivity index (χ4n) is 1.56. The highest BCUT2D eigenvalue weighted by Crippen LogP contribution is 2.19. The summed E-state index contributed by atoms with van der Waals surface area (Å²) in [4.78, 5) is 21.9. The zero-order chi connectivity index (χ0) is 9.84. The van der Waals surface area contributed by atoms with Gasteiger partial charge in [0.25, 0.3) is 0 Å². The van der Waals surface area contributed by atoms with Gasteiger partial charge in [-0.05, 0) is 25.7 Å². The summed E-state index contributed by atoms with van der Waals surface area (Å²) in [6.07, 6.45) is 2.69. The van der Waals surface area contributed by atoms with Crippen molar-refractivity contribution in [1.29, 1.82) is 0 Å². The van der Waals surface area contributed by atoms with Gasteiger partial charge in [0.05, 0.1) is 0 Å².